The Morgan fingerprint density at radius 2 is 1.93 bits per heavy atom. The zero-order chi connectivity index (χ0) is 11.5. The lowest BCUT2D eigenvalue weighted by Gasteiger charge is -2.21. The van der Waals surface area contributed by atoms with Crippen molar-refractivity contribution < 1.29 is 4.74 Å². The molecule has 0 heterocycles. The van der Waals surface area contributed by atoms with Crippen LogP contribution in [0.25, 0.3) is 0 Å². The summed E-state index contributed by atoms with van der Waals surface area (Å²) < 4.78 is 5.31. The number of rotatable bonds is 3. The molecule has 0 saturated heterocycles. The fourth-order valence-electron chi connectivity index (χ4n) is 1.54. The molecule has 0 saturated carbocycles. The van der Waals surface area contributed by atoms with Crippen molar-refractivity contribution >= 4 is 11.6 Å². The van der Waals surface area contributed by atoms with Gasteiger partial charge in [-0.3, -0.25) is 0 Å². The van der Waals surface area contributed by atoms with Crippen LogP contribution in [0.4, 0.5) is 0 Å². The van der Waals surface area contributed by atoms with Crippen molar-refractivity contribution in [3.63, 3.8) is 0 Å². The zero-order valence-corrected chi connectivity index (χ0v) is 10.7. The monoisotopic (exact) mass is 226 g/mol. The van der Waals surface area contributed by atoms with Gasteiger partial charge < -0.3 is 4.74 Å². The second-order valence-electron chi connectivity index (χ2n) is 4.72. The van der Waals surface area contributed by atoms with E-state index in [0.29, 0.717) is 5.88 Å². The fourth-order valence-corrected chi connectivity index (χ4v) is 1.75. The number of methoxy groups -OCH3 is 1. The highest BCUT2D eigenvalue weighted by Gasteiger charge is 2.15. The van der Waals surface area contributed by atoms with E-state index in [-0.39, 0.29) is 5.41 Å². The Labute approximate surface area is 97.4 Å². The van der Waals surface area contributed by atoms with Gasteiger partial charge >= 0.3 is 0 Å². The van der Waals surface area contributed by atoms with E-state index in [0.717, 1.165) is 12.2 Å². The van der Waals surface area contributed by atoms with Crippen molar-refractivity contribution in [3.8, 4) is 5.75 Å². The summed E-state index contributed by atoms with van der Waals surface area (Å²) in [6, 6.07) is 6.35. The van der Waals surface area contributed by atoms with Crippen molar-refractivity contribution in [2.75, 3.05) is 13.0 Å². The molecule has 0 aliphatic rings. The molecule has 0 radical (unpaired) electrons. The van der Waals surface area contributed by atoms with Crippen molar-refractivity contribution in [1.29, 1.82) is 0 Å². The average molecular weight is 227 g/mol. The standard InChI is InChI=1S/C13H19ClO/c1-13(2,3)11-5-6-12(15-4)10(9-11)7-8-14/h5-6,9H,7-8H2,1-4H3. The Morgan fingerprint density at radius 1 is 1.27 bits per heavy atom. The van der Waals surface area contributed by atoms with E-state index in [9.17, 15) is 0 Å². The van der Waals surface area contributed by atoms with Gasteiger partial charge in [-0.05, 0) is 29.0 Å². The molecule has 0 unspecified atom stereocenters. The molecule has 0 spiro atoms. The van der Waals surface area contributed by atoms with Crippen LogP contribution in [-0.4, -0.2) is 13.0 Å². The molecular formula is C13H19ClO. The van der Waals surface area contributed by atoms with Crippen molar-refractivity contribution in [3.05, 3.63) is 29.3 Å². The lowest BCUT2D eigenvalue weighted by Crippen LogP contribution is -2.11. The molecule has 15 heavy (non-hydrogen) atoms. The summed E-state index contributed by atoms with van der Waals surface area (Å²) in [5.41, 5.74) is 2.69. The minimum absolute atomic E-state index is 0.174. The van der Waals surface area contributed by atoms with Crippen LogP contribution >= 0.6 is 11.6 Å². The van der Waals surface area contributed by atoms with Crippen molar-refractivity contribution in [1.82, 2.24) is 0 Å². The van der Waals surface area contributed by atoms with Crippen LogP contribution in [0.2, 0.25) is 0 Å². The lowest BCUT2D eigenvalue weighted by atomic mass is 9.86. The molecule has 1 aromatic carbocycles. The maximum absolute atomic E-state index is 5.78. The molecule has 1 nitrogen and oxygen atoms in total. The van der Waals surface area contributed by atoms with Gasteiger partial charge in [-0.25, -0.2) is 0 Å². The number of aryl methyl sites for hydroxylation is 1. The summed E-state index contributed by atoms with van der Waals surface area (Å²) in [6.45, 7) is 6.62. The second kappa shape index (κ2) is 4.89. The minimum atomic E-state index is 0.174. The van der Waals surface area contributed by atoms with E-state index in [1.165, 1.54) is 11.1 Å². The van der Waals surface area contributed by atoms with Crippen LogP contribution < -0.4 is 4.74 Å². The molecule has 2 heteroatoms. The third kappa shape index (κ3) is 3.13. The maximum atomic E-state index is 5.78. The highest BCUT2D eigenvalue weighted by molar-refractivity contribution is 6.18. The summed E-state index contributed by atoms with van der Waals surface area (Å²) in [6.07, 6.45) is 0.856. The van der Waals surface area contributed by atoms with Crippen LogP contribution in [-0.2, 0) is 11.8 Å². The third-order valence-corrected chi connectivity index (χ3v) is 2.70. The van der Waals surface area contributed by atoms with Crippen LogP contribution in [0, 0.1) is 0 Å². The predicted octanol–water partition coefficient (Wildman–Crippen LogP) is 3.77. The predicted molar refractivity (Wildman–Crippen MR) is 66.1 cm³/mol. The van der Waals surface area contributed by atoms with Gasteiger partial charge in [0.25, 0.3) is 0 Å². The quantitative estimate of drug-likeness (QED) is 0.713. The van der Waals surface area contributed by atoms with Gasteiger partial charge in [0.05, 0.1) is 7.11 Å². The van der Waals surface area contributed by atoms with E-state index in [4.69, 9.17) is 16.3 Å². The Morgan fingerprint density at radius 3 is 2.40 bits per heavy atom. The van der Waals surface area contributed by atoms with E-state index in [2.05, 4.69) is 32.9 Å². The van der Waals surface area contributed by atoms with Gasteiger partial charge in [0.2, 0.25) is 0 Å². The molecule has 0 aromatic heterocycles. The average Bonchev–Trinajstić information content (AvgIpc) is 2.17. The number of hydrogen-bond donors (Lipinski definition) is 0. The molecule has 0 aliphatic heterocycles. The molecule has 1 rings (SSSR count). The SMILES string of the molecule is COc1ccc(C(C)(C)C)cc1CCCl. The Kier molecular flexibility index (Phi) is 4.04. The summed E-state index contributed by atoms with van der Waals surface area (Å²) >= 11 is 5.78. The first kappa shape index (κ1) is 12.4. The second-order valence-corrected chi connectivity index (χ2v) is 5.09. The highest BCUT2D eigenvalue weighted by Crippen LogP contribution is 2.28. The number of halogens is 1. The summed E-state index contributed by atoms with van der Waals surface area (Å²) in [7, 11) is 1.70. The Balaban J connectivity index is 3.10. The first-order chi connectivity index (χ1) is 6.99. The normalized spacial score (nSPS) is 11.5. The number of alkyl halides is 1. The molecular weight excluding hydrogens is 208 g/mol. The van der Waals surface area contributed by atoms with Crippen LogP contribution in [0.1, 0.15) is 31.9 Å². The van der Waals surface area contributed by atoms with Crippen LogP contribution in [0.3, 0.4) is 0 Å². The lowest BCUT2D eigenvalue weighted by molar-refractivity contribution is 0.409. The van der Waals surface area contributed by atoms with Gasteiger partial charge in [0.1, 0.15) is 5.75 Å². The molecule has 1 aromatic rings. The van der Waals surface area contributed by atoms with Crippen molar-refractivity contribution in [2.24, 2.45) is 0 Å². The first-order valence-corrected chi connectivity index (χ1v) is 5.76. The molecule has 84 valence electrons. The van der Waals surface area contributed by atoms with E-state index < -0.39 is 0 Å². The largest absolute Gasteiger partial charge is 0.496 e. The van der Waals surface area contributed by atoms with Gasteiger partial charge in [-0.15, -0.1) is 11.6 Å². The van der Waals surface area contributed by atoms with E-state index in [1.54, 1.807) is 7.11 Å². The molecule has 0 amide bonds. The summed E-state index contributed by atoms with van der Waals surface area (Å²) in [4.78, 5) is 0. The smallest absolute Gasteiger partial charge is 0.122 e. The molecule has 0 bridgehead atoms. The van der Waals surface area contributed by atoms with E-state index in [1.807, 2.05) is 6.07 Å². The molecule has 0 atom stereocenters. The van der Waals surface area contributed by atoms with Gasteiger partial charge in [0.15, 0.2) is 0 Å². The van der Waals surface area contributed by atoms with E-state index >= 15 is 0 Å². The van der Waals surface area contributed by atoms with Crippen LogP contribution in [0.5, 0.6) is 5.75 Å². The van der Waals surface area contributed by atoms with Gasteiger partial charge in [-0.1, -0.05) is 32.9 Å². The zero-order valence-electron chi connectivity index (χ0n) is 9.93. The number of benzene rings is 1. The summed E-state index contributed by atoms with van der Waals surface area (Å²) in [5.74, 6) is 1.56. The molecule has 0 N–H and O–H groups in total. The molecule has 0 aliphatic carbocycles. The third-order valence-electron chi connectivity index (χ3n) is 2.51. The fraction of sp³-hybridized carbons (Fsp3) is 0.538. The Bertz CT molecular complexity index is 326. The Hall–Kier alpha value is -0.690. The number of ether oxygens (including phenoxy) is 1. The number of hydrogen-bond acceptors (Lipinski definition) is 1. The first-order valence-electron chi connectivity index (χ1n) is 5.22. The van der Waals surface area contributed by atoms with Crippen LogP contribution in [0.15, 0.2) is 18.2 Å². The van der Waals surface area contributed by atoms with Gasteiger partial charge in [0, 0.05) is 5.88 Å². The van der Waals surface area contributed by atoms with Gasteiger partial charge in [-0.2, -0.15) is 0 Å². The highest BCUT2D eigenvalue weighted by atomic mass is 35.5. The topological polar surface area (TPSA) is 9.23 Å². The van der Waals surface area contributed by atoms with Crippen molar-refractivity contribution in [2.45, 2.75) is 32.6 Å². The molecule has 0 fully saturated rings. The minimum Gasteiger partial charge on any atom is -0.496 e. The maximum Gasteiger partial charge on any atom is 0.122 e. The summed E-state index contributed by atoms with van der Waals surface area (Å²) in [5, 5.41) is 0.